The minimum absolute atomic E-state index is 0.269. The topological polar surface area (TPSA) is 54.6 Å². The number of benzene rings is 3. The molecule has 38 heavy (non-hydrogen) atoms. The lowest BCUT2D eigenvalue weighted by molar-refractivity contribution is 0.218. The van der Waals surface area contributed by atoms with Crippen LogP contribution in [0.15, 0.2) is 65.7 Å². The molecule has 0 fully saturated rings. The summed E-state index contributed by atoms with van der Waals surface area (Å²) in [6.07, 6.45) is 4.95. The van der Waals surface area contributed by atoms with Gasteiger partial charge in [-0.05, 0) is 83.2 Å². The summed E-state index contributed by atoms with van der Waals surface area (Å²) < 4.78 is 12.1. The molecule has 0 amide bonds. The molecule has 3 aromatic carbocycles. The van der Waals surface area contributed by atoms with Crippen LogP contribution in [0.2, 0.25) is 0 Å². The SMILES string of the molecule is CCOc1cc(C=Nc2sc3c(c2C#N)CC[C@H](C(C)(C)C)C3)ccc1OCc1cccc2ccccc12. The van der Waals surface area contributed by atoms with E-state index in [1.54, 1.807) is 11.3 Å². The van der Waals surface area contributed by atoms with E-state index < -0.39 is 0 Å². The second-order valence-electron chi connectivity index (χ2n) is 10.9. The molecule has 1 aliphatic carbocycles. The molecule has 5 rings (SSSR count). The zero-order chi connectivity index (χ0) is 26.7. The standard InChI is InChI=1S/C33H34N2O2S/c1-5-36-30-17-22(13-16-29(30)37-21-24-11-8-10-23-9-6-7-12-26(23)24)20-35-32-28(19-34)27-15-14-25(33(2,3)4)18-31(27)38-32/h6-13,16-17,20,25H,5,14-15,18,21H2,1-4H3/t25-/m0/s1. The van der Waals surface area contributed by atoms with Crippen LogP contribution < -0.4 is 9.47 Å². The van der Waals surface area contributed by atoms with E-state index in [4.69, 9.17) is 14.5 Å². The summed E-state index contributed by atoms with van der Waals surface area (Å²) in [6, 6.07) is 22.9. The molecule has 1 heterocycles. The quantitative estimate of drug-likeness (QED) is 0.228. The van der Waals surface area contributed by atoms with Gasteiger partial charge in [0.15, 0.2) is 11.5 Å². The summed E-state index contributed by atoms with van der Waals surface area (Å²) in [5, 5.41) is 13.1. The first kappa shape index (κ1) is 26.0. The fourth-order valence-corrected chi connectivity index (χ4v) is 6.44. The minimum atomic E-state index is 0.269. The Bertz CT molecular complexity index is 1520. The molecule has 5 heteroatoms. The average molecular weight is 523 g/mol. The van der Waals surface area contributed by atoms with Crippen molar-refractivity contribution in [3.8, 4) is 17.6 Å². The molecule has 0 N–H and O–H groups in total. The Labute approximate surface area is 229 Å². The first-order valence-corrected chi connectivity index (χ1v) is 14.1. The molecule has 0 saturated carbocycles. The summed E-state index contributed by atoms with van der Waals surface area (Å²) in [5.74, 6) is 2.03. The highest BCUT2D eigenvalue weighted by Crippen LogP contribution is 2.45. The van der Waals surface area contributed by atoms with Crippen molar-refractivity contribution < 1.29 is 9.47 Å². The molecule has 4 aromatic rings. The largest absolute Gasteiger partial charge is 0.490 e. The van der Waals surface area contributed by atoms with E-state index >= 15 is 0 Å². The number of hydrogen-bond donors (Lipinski definition) is 0. The van der Waals surface area contributed by atoms with Crippen molar-refractivity contribution >= 4 is 33.3 Å². The van der Waals surface area contributed by atoms with Crippen LogP contribution in [0.25, 0.3) is 10.8 Å². The summed E-state index contributed by atoms with van der Waals surface area (Å²) >= 11 is 1.67. The Hall–Kier alpha value is -3.62. The zero-order valence-electron chi connectivity index (χ0n) is 22.6. The fourth-order valence-electron chi connectivity index (χ4n) is 5.22. The summed E-state index contributed by atoms with van der Waals surface area (Å²) in [4.78, 5) is 6.10. The molecule has 1 aliphatic rings. The second kappa shape index (κ2) is 11.0. The number of nitrogens with zero attached hydrogens (tertiary/aromatic N) is 2. The van der Waals surface area contributed by atoms with Crippen molar-refractivity contribution in [1.82, 2.24) is 0 Å². The molecule has 1 aromatic heterocycles. The molecular weight excluding hydrogens is 488 g/mol. The Kier molecular flexibility index (Phi) is 7.53. The second-order valence-corrected chi connectivity index (χ2v) is 12.0. The van der Waals surface area contributed by atoms with E-state index in [1.165, 1.54) is 21.2 Å². The number of ether oxygens (including phenoxy) is 2. The third-order valence-corrected chi connectivity index (χ3v) is 8.61. The van der Waals surface area contributed by atoms with Gasteiger partial charge in [-0.15, -0.1) is 11.3 Å². The predicted molar refractivity (Wildman–Crippen MR) is 157 cm³/mol. The lowest BCUT2D eigenvalue weighted by atomic mass is 9.72. The Balaban J connectivity index is 1.36. The molecule has 4 nitrogen and oxygen atoms in total. The first-order chi connectivity index (χ1) is 18.4. The number of rotatable bonds is 7. The van der Waals surface area contributed by atoms with E-state index in [1.807, 2.05) is 37.4 Å². The van der Waals surface area contributed by atoms with Crippen molar-refractivity contribution in [1.29, 1.82) is 5.26 Å². The van der Waals surface area contributed by atoms with Gasteiger partial charge < -0.3 is 9.47 Å². The Morgan fingerprint density at radius 3 is 2.66 bits per heavy atom. The molecule has 0 unspecified atom stereocenters. The Morgan fingerprint density at radius 2 is 1.87 bits per heavy atom. The maximum absolute atomic E-state index is 9.90. The third kappa shape index (κ3) is 5.47. The van der Waals surface area contributed by atoms with Gasteiger partial charge in [0.1, 0.15) is 17.7 Å². The van der Waals surface area contributed by atoms with Gasteiger partial charge in [0.05, 0.1) is 12.2 Å². The summed E-state index contributed by atoms with van der Waals surface area (Å²) in [5.41, 5.74) is 4.26. The van der Waals surface area contributed by atoms with Gasteiger partial charge in [0, 0.05) is 11.1 Å². The maximum Gasteiger partial charge on any atom is 0.161 e. The van der Waals surface area contributed by atoms with Gasteiger partial charge in [0.2, 0.25) is 0 Å². The summed E-state index contributed by atoms with van der Waals surface area (Å²) in [6.45, 7) is 9.90. The van der Waals surface area contributed by atoms with E-state index in [-0.39, 0.29) is 5.41 Å². The van der Waals surface area contributed by atoms with Gasteiger partial charge in [-0.25, -0.2) is 4.99 Å². The average Bonchev–Trinajstić information content (AvgIpc) is 3.28. The molecule has 0 aliphatic heterocycles. The van der Waals surface area contributed by atoms with Crippen molar-refractivity contribution in [3.63, 3.8) is 0 Å². The van der Waals surface area contributed by atoms with Crippen LogP contribution in [0.4, 0.5) is 5.00 Å². The highest BCUT2D eigenvalue weighted by atomic mass is 32.1. The van der Waals surface area contributed by atoms with Crippen molar-refractivity contribution in [3.05, 3.63) is 87.8 Å². The van der Waals surface area contributed by atoms with Gasteiger partial charge >= 0.3 is 0 Å². The molecule has 0 radical (unpaired) electrons. The van der Waals surface area contributed by atoms with Crippen LogP contribution in [-0.4, -0.2) is 12.8 Å². The van der Waals surface area contributed by atoms with Gasteiger partial charge in [-0.2, -0.15) is 5.26 Å². The number of hydrogen-bond acceptors (Lipinski definition) is 5. The number of aliphatic imine (C=N–C) groups is 1. The lowest BCUT2D eigenvalue weighted by Gasteiger charge is -2.33. The molecule has 0 saturated heterocycles. The van der Waals surface area contributed by atoms with E-state index in [2.05, 4.69) is 63.2 Å². The van der Waals surface area contributed by atoms with Gasteiger partial charge in [-0.1, -0.05) is 63.2 Å². The van der Waals surface area contributed by atoms with Crippen LogP contribution >= 0.6 is 11.3 Å². The van der Waals surface area contributed by atoms with Crippen molar-refractivity contribution in [2.45, 2.75) is 53.6 Å². The van der Waals surface area contributed by atoms with Crippen molar-refractivity contribution in [2.24, 2.45) is 16.3 Å². The first-order valence-electron chi connectivity index (χ1n) is 13.3. The lowest BCUT2D eigenvalue weighted by Crippen LogP contribution is -2.26. The van der Waals surface area contributed by atoms with E-state index in [9.17, 15) is 5.26 Å². The highest BCUT2D eigenvalue weighted by Gasteiger charge is 2.32. The van der Waals surface area contributed by atoms with Crippen LogP contribution in [0, 0.1) is 22.7 Å². The van der Waals surface area contributed by atoms with Crippen LogP contribution in [0.1, 0.15) is 61.2 Å². The maximum atomic E-state index is 9.90. The smallest absolute Gasteiger partial charge is 0.161 e. The van der Waals surface area contributed by atoms with E-state index in [0.29, 0.717) is 30.6 Å². The van der Waals surface area contributed by atoms with Gasteiger partial charge in [0.25, 0.3) is 0 Å². The molecule has 1 atom stereocenters. The Morgan fingerprint density at radius 1 is 1.05 bits per heavy atom. The van der Waals surface area contributed by atoms with Crippen LogP contribution in [0.3, 0.4) is 0 Å². The summed E-state index contributed by atoms with van der Waals surface area (Å²) in [7, 11) is 0. The minimum Gasteiger partial charge on any atom is -0.490 e. The molecule has 0 spiro atoms. The van der Waals surface area contributed by atoms with Crippen molar-refractivity contribution in [2.75, 3.05) is 6.61 Å². The van der Waals surface area contributed by atoms with Gasteiger partial charge in [-0.3, -0.25) is 0 Å². The molecular formula is C33H34N2O2S. The zero-order valence-corrected chi connectivity index (χ0v) is 23.4. The van der Waals surface area contributed by atoms with E-state index in [0.717, 1.165) is 41.0 Å². The number of nitriles is 1. The highest BCUT2D eigenvalue weighted by molar-refractivity contribution is 7.16. The predicted octanol–water partition coefficient (Wildman–Crippen LogP) is 8.65. The monoisotopic (exact) mass is 522 g/mol. The van der Waals surface area contributed by atoms with Crippen LogP contribution in [-0.2, 0) is 19.4 Å². The third-order valence-electron chi connectivity index (χ3n) is 7.44. The molecule has 194 valence electrons. The number of thiophene rings is 1. The molecule has 0 bridgehead atoms. The van der Waals surface area contributed by atoms with Crippen LogP contribution in [0.5, 0.6) is 11.5 Å². The number of fused-ring (bicyclic) bond motifs is 2. The normalized spacial score (nSPS) is 15.4. The fraction of sp³-hybridized carbons (Fsp3) is 0.333.